The zero-order valence-corrected chi connectivity index (χ0v) is 13.9. The van der Waals surface area contributed by atoms with E-state index in [2.05, 4.69) is 4.98 Å². The van der Waals surface area contributed by atoms with Crippen LogP contribution in [0.4, 0.5) is 0 Å². The maximum Gasteiger partial charge on any atom is 0.365 e. The minimum Gasteiger partial charge on any atom is -0.463 e. The minimum atomic E-state index is -3.14. The van der Waals surface area contributed by atoms with Gasteiger partial charge in [0.25, 0.3) is 0 Å². The maximum absolute atomic E-state index is 11.9. The molecule has 0 amide bonds. The molecule has 3 rings (SSSR count). The molecule has 0 bridgehead atoms. The minimum absolute atomic E-state index is 0.0880. The number of nitrogens with one attached hydrogen (secondary N) is 1. The van der Waals surface area contributed by atoms with E-state index in [1.807, 2.05) is 0 Å². The molecule has 1 aromatic carbocycles. The number of hydrogen-bond acceptors (Lipinski definition) is 6. The lowest BCUT2D eigenvalue weighted by Gasteiger charge is -2.08. The molecule has 0 spiro atoms. The molecule has 25 heavy (non-hydrogen) atoms. The van der Waals surface area contributed by atoms with Crippen LogP contribution in [-0.4, -0.2) is 21.8 Å². The van der Waals surface area contributed by atoms with Gasteiger partial charge in [0.2, 0.25) is 0 Å². The Kier molecular flexibility index (Phi) is 5.02. The second-order valence-corrected chi connectivity index (χ2v) is 5.85. The predicted octanol–water partition coefficient (Wildman–Crippen LogP) is 2.84. The van der Waals surface area contributed by atoms with Gasteiger partial charge < -0.3 is 23.6 Å². The van der Waals surface area contributed by atoms with Crippen molar-refractivity contribution in [3.8, 4) is 5.75 Å². The lowest BCUT2D eigenvalue weighted by molar-refractivity contribution is -0.137. The first-order chi connectivity index (χ1) is 12.0. The summed E-state index contributed by atoms with van der Waals surface area (Å²) in [6, 6.07) is 9.64. The Hall–Kier alpha value is -2.83. The third-order valence-corrected chi connectivity index (χ3v) is 3.83. The smallest absolute Gasteiger partial charge is 0.365 e. The first kappa shape index (κ1) is 17.0. The van der Waals surface area contributed by atoms with Gasteiger partial charge in [-0.05, 0) is 18.1 Å². The standard InChI is InChI=1S/C16H14NO7P/c18-15(6-5-10-3-1-2-4-13(10)24-25(20)21)23-16(19)12-9-14-11(17-12)7-8-22-14/h1-4,7-9,17,25H,5-6H2,(H,20,21). The monoisotopic (exact) mass is 363 g/mol. The molecule has 0 aliphatic rings. The van der Waals surface area contributed by atoms with Crippen molar-refractivity contribution < 1.29 is 32.7 Å². The van der Waals surface area contributed by atoms with Crippen molar-refractivity contribution in [2.24, 2.45) is 0 Å². The van der Waals surface area contributed by atoms with Gasteiger partial charge in [0, 0.05) is 12.1 Å². The van der Waals surface area contributed by atoms with Crippen molar-refractivity contribution in [2.45, 2.75) is 12.8 Å². The number of ether oxygens (including phenoxy) is 1. The number of carbonyl (C=O) groups is 2. The van der Waals surface area contributed by atoms with E-state index in [0.717, 1.165) is 0 Å². The van der Waals surface area contributed by atoms with Crippen LogP contribution in [0, 0.1) is 0 Å². The molecule has 2 aromatic heterocycles. The van der Waals surface area contributed by atoms with Crippen molar-refractivity contribution >= 4 is 31.3 Å². The van der Waals surface area contributed by atoms with Crippen LogP contribution in [0.1, 0.15) is 22.5 Å². The number of benzene rings is 1. The van der Waals surface area contributed by atoms with E-state index < -0.39 is 20.2 Å². The molecule has 3 aromatic rings. The largest absolute Gasteiger partial charge is 0.463 e. The van der Waals surface area contributed by atoms with Crippen molar-refractivity contribution in [1.82, 2.24) is 4.98 Å². The first-order valence-electron chi connectivity index (χ1n) is 7.33. The van der Waals surface area contributed by atoms with Crippen molar-refractivity contribution in [2.75, 3.05) is 0 Å². The molecule has 8 nitrogen and oxygen atoms in total. The molecule has 0 radical (unpaired) electrons. The van der Waals surface area contributed by atoms with Crippen LogP contribution in [0.5, 0.6) is 5.75 Å². The van der Waals surface area contributed by atoms with Crippen molar-refractivity contribution in [3.05, 3.63) is 53.9 Å². The molecule has 1 atom stereocenters. The summed E-state index contributed by atoms with van der Waals surface area (Å²) < 4.78 is 25.6. The molecule has 2 N–H and O–H groups in total. The third-order valence-electron chi connectivity index (χ3n) is 3.43. The summed E-state index contributed by atoms with van der Waals surface area (Å²) in [6.07, 6.45) is 1.59. The fourth-order valence-electron chi connectivity index (χ4n) is 2.31. The van der Waals surface area contributed by atoms with Gasteiger partial charge in [-0.2, -0.15) is 0 Å². The fourth-order valence-corrected chi connectivity index (χ4v) is 2.70. The molecular weight excluding hydrogens is 349 g/mol. The molecule has 0 fully saturated rings. The average Bonchev–Trinajstić information content (AvgIpc) is 3.15. The molecule has 2 heterocycles. The summed E-state index contributed by atoms with van der Waals surface area (Å²) in [4.78, 5) is 35.5. The molecule has 1 unspecified atom stereocenters. The Morgan fingerprint density at radius 1 is 1.24 bits per heavy atom. The average molecular weight is 363 g/mol. The highest BCUT2D eigenvalue weighted by Gasteiger charge is 2.17. The van der Waals surface area contributed by atoms with Crippen LogP contribution in [-0.2, 0) is 20.5 Å². The molecule has 0 saturated carbocycles. The Labute approximate surface area is 142 Å². The van der Waals surface area contributed by atoms with Crippen LogP contribution >= 0.6 is 8.25 Å². The first-order valence-corrected chi connectivity index (χ1v) is 8.59. The highest BCUT2D eigenvalue weighted by molar-refractivity contribution is 7.32. The SMILES string of the molecule is O=C(CCc1ccccc1O[PH](=O)O)OC(=O)c1cc2occc2[nH]1. The van der Waals surface area contributed by atoms with Gasteiger partial charge in [0.1, 0.15) is 11.4 Å². The Morgan fingerprint density at radius 2 is 2.04 bits per heavy atom. The lowest BCUT2D eigenvalue weighted by atomic mass is 10.1. The number of fused-ring (bicyclic) bond motifs is 1. The van der Waals surface area contributed by atoms with Crippen molar-refractivity contribution in [3.63, 3.8) is 0 Å². The summed E-state index contributed by atoms with van der Waals surface area (Å²) >= 11 is 0. The summed E-state index contributed by atoms with van der Waals surface area (Å²) in [5.41, 5.74) is 1.80. The van der Waals surface area contributed by atoms with Gasteiger partial charge >= 0.3 is 20.2 Å². The summed E-state index contributed by atoms with van der Waals surface area (Å²) in [7, 11) is -3.14. The number of esters is 2. The number of aromatic amines is 1. The summed E-state index contributed by atoms with van der Waals surface area (Å²) in [6.45, 7) is 0. The number of hydrogen-bond donors (Lipinski definition) is 2. The van der Waals surface area contributed by atoms with Gasteiger partial charge in [0.15, 0.2) is 5.58 Å². The number of aromatic nitrogens is 1. The Morgan fingerprint density at radius 3 is 2.80 bits per heavy atom. The zero-order chi connectivity index (χ0) is 17.8. The number of H-pyrrole nitrogens is 1. The van der Waals surface area contributed by atoms with Gasteiger partial charge in [-0.25, -0.2) is 9.36 Å². The van der Waals surface area contributed by atoms with Gasteiger partial charge in [-0.3, -0.25) is 4.79 Å². The topological polar surface area (TPSA) is 119 Å². The highest BCUT2D eigenvalue weighted by Crippen LogP contribution is 2.27. The third kappa shape index (κ3) is 4.17. The molecule has 130 valence electrons. The van der Waals surface area contributed by atoms with E-state index in [9.17, 15) is 14.2 Å². The van der Waals surface area contributed by atoms with Crippen LogP contribution in [0.15, 0.2) is 47.1 Å². The summed E-state index contributed by atoms with van der Waals surface area (Å²) in [5, 5.41) is 0. The van der Waals surface area contributed by atoms with Crippen LogP contribution in [0.25, 0.3) is 11.1 Å². The van der Waals surface area contributed by atoms with Gasteiger partial charge in [-0.1, -0.05) is 18.2 Å². The second-order valence-electron chi connectivity index (χ2n) is 5.12. The van der Waals surface area contributed by atoms with Gasteiger partial charge in [0.05, 0.1) is 18.2 Å². The van der Waals surface area contributed by atoms with E-state index in [0.29, 0.717) is 16.7 Å². The molecule has 0 aliphatic heterocycles. The quantitative estimate of drug-likeness (QED) is 0.393. The number of furan rings is 1. The van der Waals surface area contributed by atoms with Gasteiger partial charge in [-0.15, -0.1) is 0 Å². The second kappa shape index (κ2) is 7.38. The molecular formula is C16H14NO7P. The van der Waals surface area contributed by atoms with Crippen molar-refractivity contribution in [1.29, 1.82) is 0 Å². The number of aryl methyl sites for hydroxylation is 1. The van der Waals surface area contributed by atoms with Crippen LogP contribution in [0.3, 0.4) is 0 Å². The van der Waals surface area contributed by atoms with E-state index in [-0.39, 0.29) is 24.3 Å². The van der Waals surface area contributed by atoms with E-state index >= 15 is 0 Å². The predicted molar refractivity (Wildman–Crippen MR) is 87.6 cm³/mol. The van der Waals surface area contributed by atoms with E-state index in [1.54, 1.807) is 24.3 Å². The number of rotatable bonds is 6. The molecule has 9 heteroatoms. The highest BCUT2D eigenvalue weighted by atomic mass is 31.1. The lowest BCUT2D eigenvalue weighted by Crippen LogP contribution is -2.13. The molecule has 0 aliphatic carbocycles. The number of para-hydroxylation sites is 1. The fraction of sp³-hybridized carbons (Fsp3) is 0.125. The zero-order valence-electron chi connectivity index (χ0n) is 12.9. The van der Waals surface area contributed by atoms with Crippen LogP contribution < -0.4 is 4.52 Å². The normalized spacial score (nSPS) is 12.0. The number of carbonyl (C=O) groups excluding carboxylic acids is 2. The van der Waals surface area contributed by atoms with E-state index in [4.69, 9.17) is 18.6 Å². The Balaban J connectivity index is 1.58. The van der Waals surface area contributed by atoms with Crippen LogP contribution in [0.2, 0.25) is 0 Å². The van der Waals surface area contributed by atoms with E-state index in [1.165, 1.54) is 18.4 Å². The Bertz CT molecular complexity index is 914. The maximum atomic E-state index is 11.9. The summed E-state index contributed by atoms with van der Waals surface area (Å²) in [5.74, 6) is -1.30. The molecule has 0 saturated heterocycles.